The van der Waals surface area contributed by atoms with Gasteiger partial charge in [-0.05, 0) is 39.8 Å². The largest absolute Gasteiger partial charge is 0.491 e. The second-order valence-electron chi connectivity index (χ2n) is 5.92. The van der Waals surface area contributed by atoms with Crippen molar-refractivity contribution in [1.82, 2.24) is 10.2 Å². The first-order valence-corrected chi connectivity index (χ1v) is 7.79. The van der Waals surface area contributed by atoms with Crippen molar-refractivity contribution in [2.75, 3.05) is 20.1 Å². The highest BCUT2D eigenvalue weighted by Gasteiger charge is 2.23. The van der Waals surface area contributed by atoms with Gasteiger partial charge >= 0.3 is 0 Å². The number of nitrogens with zero attached hydrogens (tertiary/aromatic N) is 1. The number of likely N-dealkylation sites (N-methyl/N-ethyl adjacent to an activating group) is 1. The van der Waals surface area contributed by atoms with Gasteiger partial charge in [-0.1, -0.05) is 18.2 Å². The van der Waals surface area contributed by atoms with E-state index in [-0.39, 0.29) is 12.0 Å². The summed E-state index contributed by atoms with van der Waals surface area (Å²) in [7, 11) is 1.96. The van der Waals surface area contributed by atoms with Gasteiger partial charge in [-0.2, -0.15) is 0 Å². The van der Waals surface area contributed by atoms with Crippen LogP contribution in [0, 0.1) is 0 Å². The number of rotatable bonds is 5. The molecule has 0 spiro atoms. The van der Waals surface area contributed by atoms with E-state index in [0.29, 0.717) is 12.5 Å². The van der Waals surface area contributed by atoms with Gasteiger partial charge in [0.25, 0.3) is 0 Å². The molecule has 1 N–H and O–H groups in total. The fourth-order valence-corrected chi connectivity index (χ4v) is 2.73. The maximum absolute atomic E-state index is 12.5. The Bertz CT molecular complexity index is 474. The zero-order valence-corrected chi connectivity index (χ0v) is 13.3. The Hall–Kier alpha value is -1.55. The SMILES string of the molecule is CN[C@H]1CCCN(C(=O)Cc2ccccc2OC(C)C)C1. The fraction of sp³-hybridized carbons (Fsp3) is 0.588. The number of benzene rings is 1. The van der Waals surface area contributed by atoms with Gasteiger partial charge < -0.3 is 15.0 Å². The van der Waals surface area contributed by atoms with Gasteiger partial charge in [0.1, 0.15) is 5.75 Å². The van der Waals surface area contributed by atoms with Gasteiger partial charge in [0.15, 0.2) is 0 Å². The standard InChI is InChI=1S/C17H26N2O2/c1-13(2)21-16-9-5-4-7-14(16)11-17(20)19-10-6-8-15(12-19)18-3/h4-5,7,9,13,15,18H,6,8,10-12H2,1-3H3/t15-/m0/s1. The van der Waals surface area contributed by atoms with E-state index >= 15 is 0 Å². The van der Waals surface area contributed by atoms with Crippen LogP contribution in [0.15, 0.2) is 24.3 Å². The molecule has 0 aliphatic carbocycles. The van der Waals surface area contributed by atoms with Crippen molar-refractivity contribution in [2.45, 2.75) is 45.3 Å². The Morgan fingerprint density at radius 3 is 2.90 bits per heavy atom. The van der Waals surface area contributed by atoms with Crippen molar-refractivity contribution >= 4 is 5.91 Å². The summed E-state index contributed by atoms with van der Waals surface area (Å²) in [5.41, 5.74) is 0.975. The molecular formula is C17H26N2O2. The summed E-state index contributed by atoms with van der Waals surface area (Å²) in [6.07, 6.45) is 2.75. The molecule has 1 saturated heterocycles. The van der Waals surface area contributed by atoms with Crippen molar-refractivity contribution in [3.63, 3.8) is 0 Å². The van der Waals surface area contributed by atoms with Crippen molar-refractivity contribution in [3.8, 4) is 5.75 Å². The molecular weight excluding hydrogens is 264 g/mol. The van der Waals surface area contributed by atoms with E-state index in [1.165, 1.54) is 0 Å². The van der Waals surface area contributed by atoms with Crippen LogP contribution in [0.1, 0.15) is 32.3 Å². The van der Waals surface area contributed by atoms with Gasteiger partial charge in [0, 0.05) is 24.7 Å². The number of hydrogen-bond acceptors (Lipinski definition) is 3. The van der Waals surface area contributed by atoms with Gasteiger partial charge in [-0.3, -0.25) is 4.79 Å². The van der Waals surface area contributed by atoms with Gasteiger partial charge in [-0.25, -0.2) is 0 Å². The predicted molar refractivity (Wildman–Crippen MR) is 84.6 cm³/mol. The molecule has 1 atom stereocenters. The first-order valence-electron chi connectivity index (χ1n) is 7.79. The molecule has 0 saturated carbocycles. The lowest BCUT2D eigenvalue weighted by molar-refractivity contribution is -0.131. The first-order chi connectivity index (χ1) is 10.1. The van der Waals surface area contributed by atoms with Crippen molar-refractivity contribution in [2.24, 2.45) is 0 Å². The molecule has 1 aromatic rings. The van der Waals surface area contributed by atoms with Crippen LogP contribution in [-0.2, 0) is 11.2 Å². The monoisotopic (exact) mass is 290 g/mol. The quantitative estimate of drug-likeness (QED) is 0.904. The van der Waals surface area contributed by atoms with E-state index < -0.39 is 0 Å². The van der Waals surface area contributed by atoms with Crippen LogP contribution in [0.2, 0.25) is 0 Å². The Labute approximate surface area is 127 Å². The molecule has 1 aliphatic rings. The Morgan fingerprint density at radius 2 is 2.19 bits per heavy atom. The van der Waals surface area contributed by atoms with Gasteiger partial charge in [0.05, 0.1) is 12.5 Å². The molecule has 1 fully saturated rings. The van der Waals surface area contributed by atoms with E-state index in [9.17, 15) is 4.79 Å². The summed E-state index contributed by atoms with van der Waals surface area (Å²) in [4.78, 5) is 14.5. The lowest BCUT2D eigenvalue weighted by atomic mass is 10.0. The maximum atomic E-state index is 12.5. The van der Waals surface area contributed by atoms with Crippen LogP contribution >= 0.6 is 0 Å². The minimum Gasteiger partial charge on any atom is -0.491 e. The van der Waals surface area contributed by atoms with E-state index in [1.807, 2.05) is 50.1 Å². The van der Waals surface area contributed by atoms with Crippen LogP contribution in [0.25, 0.3) is 0 Å². The Kier molecular flexibility index (Phi) is 5.62. The summed E-state index contributed by atoms with van der Waals surface area (Å²) >= 11 is 0. The molecule has 116 valence electrons. The van der Waals surface area contributed by atoms with E-state index in [0.717, 1.165) is 37.2 Å². The lowest BCUT2D eigenvalue weighted by Gasteiger charge is -2.32. The molecule has 1 aliphatic heterocycles. The fourth-order valence-electron chi connectivity index (χ4n) is 2.73. The zero-order valence-electron chi connectivity index (χ0n) is 13.3. The third kappa shape index (κ3) is 4.46. The first kappa shape index (κ1) is 15.8. The smallest absolute Gasteiger partial charge is 0.227 e. The number of carbonyl (C=O) groups excluding carboxylic acids is 1. The number of nitrogens with one attached hydrogen (secondary N) is 1. The summed E-state index contributed by atoms with van der Waals surface area (Å²) in [6.45, 7) is 5.67. The molecule has 0 aromatic heterocycles. The van der Waals surface area contributed by atoms with Gasteiger partial charge in [-0.15, -0.1) is 0 Å². The lowest BCUT2D eigenvalue weighted by Crippen LogP contribution is -2.47. The number of likely N-dealkylation sites (tertiary alicyclic amines) is 1. The predicted octanol–water partition coefficient (Wildman–Crippen LogP) is 2.23. The number of carbonyl (C=O) groups is 1. The van der Waals surface area contributed by atoms with Crippen molar-refractivity contribution in [3.05, 3.63) is 29.8 Å². The summed E-state index contributed by atoms with van der Waals surface area (Å²) in [5, 5.41) is 3.27. The Morgan fingerprint density at radius 1 is 1.43 bits per heavy atom. The molecule has 0 bridgehead atoms. The molecule has 2 rings (SSSR count). The van der Waals surface area contributed by atoms with Crippen LogP contribution in [0.3, 0.4) is 0 Å². The molecule has 21 heavy (non-hydrogen) atoms. The normalized spacial score (nSPS) is 18.9. The summed E-state index contributed by atoms with van der Waals surface area (Å²) in [5.74, 6) is 1.01. The highest BCUT2D eigenvalue weighted by molar-refractivity contribution is 5.79. The van der Waals surface area contributed by atoms with E-state index in [1.54, 1.807) is 0 Å². The number of piperidine rings is 1. The van der Waals surface area contributed by atoms with Crippen molar-refractivity contribution in [1.29, 1.82) is 0 Å². The van der Waals surface area contributed by atoms with Crippen LogP contribution < -0.4 is 10.1 Å². The van der Waals surface area contributed by atoms with Crippen LogP contribution in [0.4, 0.5) is 0 Å². The second kappa shape index (κ2) is 7.46. The maximum Gasteiger partial charge on any atom is 0.227 e. The number of amides is 1. The molecule has 1 amide bonds. The highest BCUT2D eigenvalue weighted by atomic mass is 16.5. The average molecular weight is 290 g/mol. The third-order valence-electron chi connectivity index (χ3n) is 3.86. The number of para-hydroxylation sites is 1. The number of ether oxygens (including phenoxy) is 1. The molecule has 0 radical (unpaired) electrons. The molecule has 4 nitrogen and oxygen atoms in total. The minimum atomic E-state index is 0.116. The number of hydrogen-bond donors (Lipinski definition) is 1. The van der Waals surface area contributed by atoms with Crippen LogP contribution in [0.5, 0.6) is 5.75 Å². The molecule has 4 heteroatoms. The average Bonchev–Trinajstić information content (AvgIpc) is 2.48. The van der Waals surface area contributed by atoms with E-state index in [2.05, 4.69) is 5.32 Å². The van der Waals surface area contributed by atoms with Crippen LogP contribution in [-0.4, -0.2) is 43.1 Å². The molecule has 1 aromatic carbocycles. The summed E-state index contributed by atoms with van der Waals surface area (Å²) < 4.78 is 5.79. The van der Waals surface area contributed by atoms with Gasteiger partial charge in [0.2, 0.25) is 5.91 Å². The third-order valence-corrected chi connectivity index (χ3v) is 3.86. The summed E-state index contributed by atoms with van der Waals surface area (Å²) in [6, 6.07) is 8.25. The topological polar surface area (TPSA) is 41.6 Å². The molecule has 1 heterocycles. The highest BCUT2D eigenvalue weighted by Crippen LogP contribution is 2.21. The minimum absolute atomic E-state index is 0.116. The van der Waals surface area contributed by atoms with E-state index in [4.69, 9.17) is 4.74 Å². The van der Waals surface area contributed by atoms with Crippen molar-refractivity contribution < 1.29 is 9.53 Å². The second-order valence-corrected chi connectivity index (χ2v) is 5.92. The molecule has 0 unspecified atom stereocenters. The Balaban J connectivity index is 2.02. The zero-order chi connectivity index (χ0) is 15.2.